The summed E-state index contributed by atoms with van der Waals surface area (Å²) in [6, 6.07) is 10.5. The lowest BCUT2D eigenvalue weighted by Gasteiger charge is -2.13. The van der Waals surface area contributed by atoms with E-state index in [2.05, 4.69) is 0 Å². The van der Waals surface area contributed by atoms with Crippen molar-refractivity contribution in [2.75, 3.05) is 5.32 Å². The molecule has 2 aromatic carbocycles. The molecule has 0 saturated carbocycles. The van der Waals surface area contributed by atoms with Gasteiger partial charge in [0.1, 0.15) is 0 Å². The maximum absolute atomic E-state index is 13.5. The highest BCUT2D eigenvalue weighted by Gasteiger charge is 2.20. The summed E-state index contributed by atoms with van der Waals surface area (Å²) in [5.41, 5.74) is 0.215. The molecule has 0 unspecified atom stereocenters. The first-order valence-corrected chi connectivity index (χ1v) is 7.26. The summed E-state index contributed by atoms with van der Waals surface area (Å²) in [5, 5.41) is 2.04. The van der Waals surface area contributed by atoms with Crippen LogP contribution in [0.15, 0.2) is 48.5 Å². The van der Waals surface area contributed by atoms with Crippen LogP contribution < -0.4 is 5.32 Å². The van der Waals surface area contributed by atoms with E-state index >= 15 is 0 Å². The number of benzene rings is 2. The molecule has 0 aliphatic heterocycles. The van der Waals surface area contributed by atoms with Gasteiger partial charge in [-0.25, -0.2) is 18.0 Å². The van der Waals surface area contributed by atoms with Crippen molar-refractivity contribution in [1.29, 1.82) is 0 Å². The van der Waals surface area contributed by atoms with Gasteiger partial charge in [0.05, 0.1) is 5.69 Å². The third kappa shape index (κ3) is 4.94. The topological polar surface area (TPSA) is 55.4 Å². The summed E-state index contributed by atoms with van der Waals surface area (Å²) < 4.78 is 44.3. The van der Waals surface area contributed by atoms with Crippen LogP contribution in [-0.4, -0.2) is 18.0 Å². The first kappa shape index (κ1) is 18.3. The molecule has 0 saturated heterocycles. The molecule has 2 aromatic rings. The molecule has 0 aromatic heterocycles. The van der Waals surface area contributed by atoms with E-state index in [1.165, 1.54) is 13.0 Å². The number of carbonyl (C=O) groups is 2. The lowest BCUT2D eigenvalue weighted by Crippen LogP contribution is -2.29. The largest absolute Gasteiger partial charge is 0.449 e. The third-order valence-electron chi connectivity index (χ3n) is 3.17. The summed E-state index contributed by atoms with van der Waals surface area (Å²) in [6.45, 7) is 1.27. The number of amides is 1. The van der Waals surface area contributed by atoms with Crippen LogP contribution in [0, 0.1) is 17.5 Å². The van der Waals surface area contributed by atoms with Gasteiger partial charge in [-0.3, -0.25) is 4.79 Å². The van der Waals surface area contributed by atoms with E-state index < -0.39 is 41.1 Å². The van der Waals surface area contributed by atoms with Gasteiger partial charge < -0.3 is 10.1 Å². The molecular formula is C18H14F3NO3. The minimum Gasteiger partial charge on any atom is -0.449 e. The Hall–Kier alpha value is -3.09. The number of hydrogen-bond acceptors (Lipinski definition) is 3. The Morgan fingerprint density at radius 2 is 1.72 bits per heavy atom. The standard InChI is InChI=1S/C18H14F3NO3/c1-11(25-15(23)10-7-12-5-3-2-4-6-12)18(24)22-14-9-8-13(19)16(20)17(14)21/h2-11H,1H3,(H,22,24)/b10-7+/t11-/m0/s1. The summed E-state index contributed by atoms with van der Waals surface area (Å²) in [7, 11) is 0. The van der Waals surface area contributed by atoms with Crippen LogP contribution in [0.3, 0.4) is 0 Å². The molecule has 0 bridgehead atoms. The summed E-state index contributed by atoms with van der Waals surface area (Å²) in [6.07, 6.45) is 1.37. The van der Waals surface area contributed by atoms with Gasteiger partial charge in [0.15, 0.2) is 23.6 Å². The second-order valence-electron chi connectivity index (χ2n) is 5.04. The van der Waals surface area contributed by atoms with Crippen LogP contribution in [0.5, 0.6) is 0 Å². The van der Waals surface area contributed by atoms with E-state index in [0.717, 1.165) is 17.7 Å². The van der Waals surface area contributed by atoms with E-state index in [9.17, 15) is 22.8 Å². The fraction of sp³-hybridized carbons (Fsp3) is 0.111. The highest BCUT2D eigenvalue weighted by Crippen LogP contribution is 2.19. The van der Waals surface area contributed by atoms with E-state index in [1.807, 2.05) is 11.4 Å². The molecule has 7 heteroatoms. The third-order valence-corrected chi connectivity index (χ3v) is 3.17. The van der Waals surface area contributed by atoms with Crippen LogP contribution >= 0.6 is 0 Å². The summed E-state index contributed by atoms with van der Waals surface area (Å²) in [4.78, 5) is 23.6. The molecule has 25 heavy (non-hydrogen) atoms. The van der Waals surface area contributed by atoms with Crippen molar-refractivity contribution in [2.45, 2.75) is 13.0 Å². The number of nitrogens with one attached hydrogen (secondary N) is 1. The van der Waals surface area contributed by atoms with E-state index in [0.29, 0.717) is 6.07 Å². The number of esters is 1. The van der Waals surface area contributed by atoms with Gasteiger partial charge in [0, 0.05) is 6.08 Å². The number of ether oxygens (including phenoxy) is 1. The van der Waals surface area contributed by atoms with Crippen LogP contribution in [-0.2, 0) is 14.3 Å². The maximum atomic E-state index is 13.5. The highest BCUT2D eigenvalue weighted by atomic mass is 19.2. The van der Waals surface area contributed by atoms with Crippen molar-refractivity contribution in [3.63, 3.8) is 0 Å². The van der Waals surface area contributed by atoms with Gasteiger partial charge in [0.25, 0.3) is 5.91 Å². The van der Waals surface area contributed by atoms with Gasteiger partial charge in [-0.15, -0.1) is 0 Å². The lowest BCUT2D eigenvalue weighted by atomic mass is 10.2. The Labute approximate surface area is 141 Å². The van der Waals surface area contributed by atoms with Gasteiger partial charge in [-0.1, -0.05) is 30.3 Å². The number of carbonyl (C=O) groups excluding carboxylic acids is 2. The molecule has 0 heterocycles. The maximum Gasteiger partial charge on any atom is 0.331 e. The Balaban J connectivity index is 1.95. The predicted octanol–water partition coefficient (Wildman–Crippen LogP) is 3.69. The van der Waals surface area contributed by atoms with Gasteiger partial charge in [-0.2, -0.15) is 0 Å². The van der Waals surface area contributed by atoms with E-state index in [4.69, 9.17) is 4.74 Å². The first-order chi connectivity index (χ1) is 11.9. The van der Waals surface area contributed by atoms with Crippen LogP contribution in [0.4, 0.5) is 18.9 Å². The van der Waals surface area contributed by atoms with Gasteiger partial charge in [0.2, 0.25) is 0 Å². The molecule has 1 N–H and O–H groups in total. The molecular weight excluding hydrogens is 335 g/mol. The summed E-state index contributed by atoms with van der Waals surface area (Å²) >= 11 is 0. The molecule has 130 valence electrons. The van der Waals surface area contributed by atoms with Crippen molar-refractivity contribution in [3.05, 3.63) is 71.6 Å². The average Bonchev–Trinajstić information content (AvgIpc) is 2.61. The zero-order chi connectivity index (χ0) is 18.4. The number of halogens is 3. The Kier molecular flexibility index (Phi) is 5.94. The Bertz CT molecular complexity index is 807. The smallest absolute Gasteiger partial charge is 0.331 e. The molecule has 0 spiro atoms. The van der Waals surface area contributed by atoms with Crippen molar-refractivity contribution in [3.8, 4) is 0 Å². The monoisotopic (exact) mass is 349 g/mol. The van der Waals surface area contributed by atoms with Gasteiger partial charge >= 0.3 is 5.97 Å². The average molecular weight is 349 g/mol. The zero-order valence-electron chi connectivity index (χ0n) is 13.1. The molecule has 1 amide bonds. The van der Waals surface area contributed by atoms with Crippen LogP contribution in [0.2, 0.25) is 0 Å². The predicted molar refractivity (Wildman–Crippen MR) is 86.0 cm³/mol. The minimum absolute atomic E-state index is 0.549. The van der Waals surface area contributed by atoms with Crippen molar-refractivity contribution >= 4 is 23.6 Å². The normalized spacial score (nSPS) is 12.0. The van der Waals surface area contributed by atoms with Crippen molar-refractivity contribution in [2.24, 2.45) is 0 Å². The van der Waals surface area contributed by atoms with Crippen LogP contribution in [0.1, 0.15) is 12.5 Å². The minimum atomic E-state index is -1.70. The molecule has 1 atom stereocenters. The number of rotatable bonds is 5. The molecule has 2 rings (SSSR count). The fourth-order valence-corrected chi connectivity index (χ4v) is 1.85. The lowest BCUT2D eigenvalue weighted by molar-refractivity contribution is -0.148. The second kappa shape index (κ2) is 8.14. The Morgan fingerprint density at radius 1 is 1.04 bits per heavy atom. The molecule has 0 aliphatic rings. The quantitative estimate of drug-likeness (QED) is 0.509. The molecule has 0 aliphatic carbocycles. The number of anilines is 1. The SMILES string of the molecule is C[C@H](OC(=O)/C=C/c1ccccc1)C(=O)Nc1ccc(F)c(F)c1F. The zero-order valence-corrected chi connectivity index (χ0v) is 13.1. The molecule has 4 nitrogen and oxygen atoms in total. The van der Waals surface area contributed by atoms with Gasteiger partial charge in [-0.05, 0) is 30.7 Å². The van der Waals surface area contributed by atoms with Crippen molar-refractivity contribution < 1.29 is 27.5 Å². The van der Waals surface area contributed by atoms with Crippen LogP contribution in [0.25, 0.3) is 6.08 Å². The molecule has 0 radical (unpaired) electrons. The fourth-order valence-electron chi connectivity index (χ4n) is 1.85. The first-order valence-electron chi connectivity index (χ1n) is 7.26. The number of hydrogen-bond donors (Lipinski definition) is 1. The summed E-state index contributed by atoms with van der Waals surface area (Å²) in [5.74, 6) is -6.27. The van der Waals surface area contributed by atoms with Crippen molar-refractivity contribution in [1.82, 2.24) is 0 Å². The highest BCUT2D eigenvalue weighted by molar-refractivity contribution is 5.96. The molecule has 0 fully saturated rings. The second-order valence-corrected chi connectivity index (χ2v) is 5.04. The van der Waals surface area contributed by atoms with E-state index in [1.54, 1.807) is 24.3 Å². The Morgan fingerprint density at radius 3 is 2.40 bits per heavy atom. The van der Waals surface area contributed by atoms with E-state index in [-0.39, 0.29) is 0 Å².